The van der Waals surface area contributed by atoms with Crippen LogP contribution in [0.3, 0.4) is 0 Å². The number of methoxy groups -OCH3 is 1. The molecule has 0 aliphatic rings. The fraction of sp³-hybridized carbons (Fsp3) is 0.652. The average Bonchev–Trinajstić information content (AvgIpc) is 2.68. The molecule has 0 aliphatic heterocycles. The van der Waals surface area contributed by atoms with Gasteiger partial charge in [0.05, 0.1) is 12.7 Å². The lowest BCUT2D eigenvalue weighted by molar-refractivity contribution is -0.146. The molecule has 1 aromatic rings. The zero-order valence-electron chi connectivity index (χ0n) is 18.0. The van der Waals surface area contributed by atoms with E-state index < -0.39 is 12.1 Å². The second-order valence-electron chi connectivity index (χ2n) is 7.51. The molecule has 0 spiro atoms. The molecule has 0 radical (unpaired) electrons. The van der Waals surface area contributed by atoms with Crippen LogP contribution in [0.2, 0.25) is 0 Å². The van der Waals surface area contributed by atoms with Crippen molar-refractivity contribution in [1.82, 2.24) is 0 Å². The highest BCUT2D eigenvalue weighted by Gasteiger charge is 2.22. The molecule has 1 rings (SSSR count). The number of phenolic OH excluding ortho intramolecular Hbond substituents is 2. The maximum atomic E-state index is 11.5. The third kappa shape index (κ3) is 8.75. The van der Waals surface area contributed by atoms with Gasteiger partial charge < -0.3 is 19.7 Å². The Balaban J connectivity index is 2.65. The average molecular weight is 409 g/mol. The number of carbonyl (C=O) groups excluding carboxylic acids is 2. The summed E-state index contributed by atoms with van der Waals surface area (Å²) in [6, 6.07) is 1.20. The van der Waals surface area contributed by atoms with Crippen molar-refractivity contribution in [3.63, 3.8) is 0 Å². The second kappa shape index (κ2) is 13.9. The Kier molecular flexibility index (Phi) is 11.8. The van der Waals surface area contributed by atoms with Gasteiger partial charge in [0.25, 0.3) is 0 Å². The van der Waals surface area contributed by atoms with Crippen molar-refractivity contribution in [1.29, 1.82) is 0 Å². The molecule has 6 heteroatoms. The summed E-state index contributed by atoms with van der Waals surface area (Å²) in [5, 5.41) is 20.4. The van der Waals surface area contributed by atoms with Crippen LogP contribution >= 0.6 is 0 Å². The molecule has 1 unspecified atom stereocenters. The van der Waals surface area contributed by atoms with Gasteiger partial charge in [-0.1, -0.05) is 58.3 Å². The third-order valence-electron chi connectivity index (χ3n) is 5.12. The fourth-order valence-corrected chi connectivity index (χ4v) is 3.54. The normalized spacial score (nSPS) is 11.8. The minimum absolute atomic E-state index is 0.00692. The number of carbonyl (C=O) groups is 2. The Bertz CT molecular complexity index is 641. The van der Waals surface area contributed by atoms with Gasteiger partial charge in [0, 0.05) is 25.0 Å². The highest BCUT2D eigenvalue weighted by Crippen LogP contribution is 2.38. The Morgan fingerprint density at radius 3 is 2.17 bits per heavy atom. The molecule has 1 atom stereocenters. The summed E-state index contributed by atoms with van der Waals surface area (Å²) in [6.45, 7) is 3.55. The van der Waals surface area contributed by atoms with Crippen molar-refractivity contribution in [2.24, 2.45) is 0 Å². The predicted octanol–water partition coefficient (Wildman–Crippen LogP) is 5.31. The van der Waals surface area contributed by atoms with E-state index in [1.165, 1.54) is 58.6 Å². The molecule has 0 saturated carbocycles. The monoisotopic (exact) mass is 408 g/mol. The molecule has 0 fully saturated rings. The molecular formula is C23H36O6. The number of aromatic hydroxyl groups is 2. The van der Waals surface area contributed by atoms with Crippen molar-refractivity contribution in [3.8, 4) is 17.2 Å². The summed E-state index contributed by atoms with van der Waals surface area (Å²) in [6.07, 6.45) is 11.5. The van der Waals surface area contributed by atoms with Crippen LogP contribution in [0.4, 0.5) is 0 Å². The van der Waals surface area contributed by atoms with E-state index in [0.29, 0.717) is 12.7 Å². The molecule has 0 aliphatic carbocycles. The first-order valence-corrected chi connectivity index (χ1v) is 10.7. The van der Waals surface area contributed by atoms with Gasteiger partial charge in [-0.3, -0.25) is 9.59 Å². The van der Waals surface area contributed by atoms with E-state index in [-0.39, 0.29) is 34.8 Å². The number of aldehydes is 1. The van der Waals surface area contributed by atoms with Gasteiger partial charge >= 0.3 is 5.97 Å². The molecule has 1 aromatic carbocycles. The second-order valence-corrected chi connectivity index (χ2v) is 7.51. The number of benzene rings is 1. The first kappa shape index (κ1) is 24.8. The van der Waals surface area contributed by atoms with E-state index in [9.17, 15) is 19.8 Å². The van der Waals surface area contributed by atoms with Gasteiger partial charge in [0.15, 0.2) is 17.8 Å². The van der Waals surface area contributed by atoms with Crippen LogP contribution in [-0.2, 0) is 16.0 Å². The van der Waals surface area contributed by atoms with Gasteiger partial charge in [-0.25, -0.2) is 0 Å². The number of ether oxygens (including phenoxy) is 2. The summed E-state index contributed by atoms with van der Waals surface area (Å²) in [4.78, 5) is 22.9. The largest absolute Gasteiger partial charge is 0.507 e. The lowest BCUT2D eigenvalue weighted by Crippen LogP contribution is -2.20. The lowest BCUT2D eigenvalue weighted by Gasteiger charge is -2.20. The van der Waals surface area contributed by atoms with Crippen molar-refractivity contribution in [2.45, 2.75) is 90.6 Å². The molecule has 0 amide bonds. The summed E-state index contributed by atoms with van der Waals surface area (Å²) in [5.41, 5.74) is 0.228. The van der Waals surface area contributed by atoms with E-state index in [1.54, 1.807) is 0 Å². The minimum atomic E-state index is -0.479. The topological polar surface area (TPSA) is 93.1 Å². The molecule has 29 heavy (non-hydrogen) atoms. The van der Waals surface area contributed by atoms with Crippen LogP contribution in [0.15, 0.2) is 6.07 Å². The van der Waals surface area contributed by atoms with Gasteiger partial charge in [0.2, 0.25) is 0 Å². The van der Waals surface area contributed by atoms with Crippen molar-refractivity contribution in [2.75, 3.05) is 7.11 Å². The minimum Gasteiger partial charge on any atom is -0.507 e. The molecule has 2 N–H and O–H groups in total. The quantitative estimate of drug-likeness (QED) is 0.177. The van der Waals surface area contributed by atoms with Crippen LogP contribution in [0.1, 0.15) is 94.0 Å². The molecule has 0 saturated heterocycles. The highest BCUT2D eigenvalue weighted by molar-refractivity contribution is 5.84. The van der Waals surface area contributed by atoms with Gasteiger partial charge in [0.1, 0.15) is 11.9 Å². The van der Waals surface area contributed by atoms with E-state index in [2.05, 4.69) is 6.92 Å². The summed E-state index contributed by atoms with van der Waals surface area (Å²) >= 11 is 0. The van der Waals surface area contributed by atoms with Crippen LogP contribution in [0, 0.1) is 0 Å². The first-order chi connectivity index (χ1) is 13.9. The maximum Gasteiger partial charge on any atom is 0.302 e. The Hall–Kier alpha value is -2.24. The van der Waals surface area contributed by atoms with E-state index in [4.69, 9.17) is 9.47 Å². The van der Waals surface area contributed by atoms with Gasteiger partial charge in [-0.15, -0.1) is 0 Å². The van der Waals surface area contributed by atoms with Crippen LogP contribution in [0.25, 0.3) is 0 Å². The van der Waals surface area contributed by atoms with E-state index >= 15 is 0 Å². The Morgan fingerprint density at radius 2 is 1.66 bits per heavy atom. The van der Waals surface area contributed by atoms with Gasteiger partial charge in [-0.05, 0) is 12.8 Å². The van der Waals surface area contributed by atoms with Crippen LogP contribution in [0.5, 0.6) is 17.2 Å². The Labute approximate surface area is 174 Å². The number of hydrogen-bond acceptors (Lipinski definition) is 6. The maximum absolute atomic E-state index is 11.5. The molecular weight excluding hydrogens is 372 g/mol. The molecule has 6 nitrogen and oxygen atoms in total. The molecule has 0 bridgehead atoms. The standard InChI is InChI=1S/C23H36O6/c1-4-5-6-7-8-9-10-11-12-13-18(29-17(2)25)14-19-20(16-24)21(26)15-22(28-3)23(19)27/h15-16,18,26-27H,4-14H2,1-3H3. The zero-order valence-corrected chi connectivity index (χ0v) is 18.0. The Morgan fingerprint density at radius 1 is 1.07 bits per heavy atom. The first-order valence-electron chi connectivity index (χ1n) is 10.7. The summed E-state index contributed by atoms with van der Waals surface area (Å²) in [7, 11) is 1.37. The SMILES string of the molecule is CCCCCCCCCCCC(Cc1c(O)c(OC)cc(O)c1C=O)OC(C)=O. The number of esters is 1. The zero-order chi connectivity index (χ0) is 21.6. The fourth-order valence-electron chi connectivity index (χ4n) is 3.54. The third-order valence-corrected chi connectivity index (χ3v) is 5.12. The number of phenols is 2. The van der Waals surface area contributed by atoms with Crippen LogP contribution in [-0.4, -0.2) is 35.7 Å². The lowest BCUT2D eigenvalue weighted by atomic mass is 9.96. The number of hydrogen-bond donors (Lipinski definition) is 2. The summed E-state index contributed by atoms with van der Waals surface area (Å²) in [5.74, 6) is -0.816. The van der Waals surface area contributed by atoms with E-state index in [0.717, 1.165) is 19.3 Å². The highest BCUT2D eigenvalue weighted by atomic mass is 16.5. The molecule has 0 heterocycles. The number of unbranched alkanes of at least 4 members (excludes halogenated alkanes) is 8. The van der Waals surface area contributed by atoms with Gasteiger partial charge in [-0.2, -0.15) is 0 Å². The van der Waals surface area contributed by atoms with Crippen molar-refractivity contribution >= 4 is 12.3 Å². The number of rotatable bonds is 15. The molecule has 0 aromatic heterocycles. The van der Waals surface area contributed by atoms with Crippen molar-refractivity contribution < 1.29 is 29.3 Å². The summed E-state index contributed by atoms with van der Waals surface area (Å²) < 4.78 is 10.5. The van der Waals surface area contributed by atoms with Crippen molar-refractivity contribution in [3.05, 3.63) is 17.2 Å². The van der Waals surface area contributed by atoms with Crippen LogP contribution < -0.4 is 4.74 Å². The molecule has 164 valence electrons. The predicted molar refractivity (Wildman–Crippen MR) is 113 cm³/mol. The smallest absolute Gasteiger partial charge is 0.302 e. The van der Waals surface area contributed by atoms with E-state index in [1.807, 2.05) is 0 Å².